The van der Waals surface area contributed by atoms with Crippen LogP contribution in [0, 0.1) is 5.95 Å². The molecular weight excluding hydrogens is 323 g/mol. The van der Waals surface area contributed by atoms with Gasteiger partial charge in [0.05, 0.1) is 0 Å². The number of hydrogen-bond donors (Lipinski definition) is 0. The van der Waals surface area contributed by atoms with Crippen molar-refractivity contribution >= 4 is 0 Å². The predicted molar refractivity (Wildman–Crippen MR) is 105 cm³/mol. The van der Waals surface area contributed by atoms with E-state index in [1.165, 1.54) is 11.1 Å². The van der Waals surface area contributed by atoms with Crippen LogP contribution in [-0.2, 0) is 12.8 Å². The van der Waals surface area contributed by atoms with E-state index in [4.69, 9.17) is 0 Å². The molecular formula is C23H25FN2. The topological polar surface area (TPSA) is 25.8 Å². The van der Waals surface area contributed by atoms with Gasteiger partial charge in [0.25, 0.3) is 0 Å². The Kier molecular flexibility index (Phi) is 6.11. The zero-order chi connectivity index (χ0) is 18.4. The molecule has 0 aliphatic carbocycles. The second-order valence-corrected chi connectivity index (χ2v) is 6.64. The molecule has 0 unspecified atom stereocenters. The molecule has 0 spiro atoms. The van der Waals surface area contributed by atoms with Crippen LogP contribution in [0.2, 0.25) is 0 Å². The lowest BCUT2D eigenvalue weighted by Gasteiger charge is -2.07. The molecule has 0 amide bonds. The third-order valence-electron chi connectivity index (χ3n) is 4.58. The Bertz CT molecular complexity index is 839. The number of rotatable bonds is 7. The van der Waals surface area contributed by atoms with Crippen molar-refractivity contribution < 1.29 is 4.39 Å². The quantitative estimate of drug-likeness (QED) is 0.472. The molecule has 0 aliphatic heterocycles. The molecule has 3 aromatic rings. The van der Waals surface area contributed by atoms with Crippen molar-refractivity contribution in [1.82, 2.24) is 9.97 Å². The summed E-state index contributed by atoms with van der Waals surface area (Å²) in [5, 5.41) is 0. The third kappa shape index (κ3) is 4.34. The summed E-state index contributed by atoms with van der Waals surface area (Å²) in [5.74, 6) is 0.0339. The van der Waals surface area contributed by atoms with Crippen molar-refractivity contribution in [3.8, 4) is 22.5 Å². The predicted octanol–water partition coefficient (Wildman–Crippen LogP) is 6.24. The van der Waals surface area contributed by atoms with Crippen molar-refractivity contribution in [3.63, 3.8) is 0 Å². The zero-order valence-corrected chi connectivity index (χ0v) is 15.5. The first-order chi connectivity index (χ1) is 12.7. The Hall–Kier alpha value is -2.55. The highest BCUT2D eigenvalue weighted by Gasteiger charge is 2.08. The van der Waals surface area contributed by atoms with Gasteiger partial charge < -0.3 is 0 Å². The van der Waals surface area contributed by atoms with E-state index in [1.807, 2.05) is 24.3 Å². The highest BCUT2D eigenvalue weighted by Crippen LogP contribution is 2.24. The number of halogens is 1. The Morgan fingerprint density at radius 1 is 0.769 bits per heavy atom. The van der Waals surface area contributed by atoms with Gasteiger partial charge in [-0.15, -0.1) is 0 Å². The summed E-state index contributed by atoms with van der Waals surface area (Å²) < 4.78 is 14.2. The molecule has 134 valence electrons. The normalized spacial score (nSPS) is 10.9. The van der Waals surface area contributed by atoms with Crippen LogP contribution in [-0.4, -0.2) is 9.97 Å². The van der Waals surface area contributed by atoms with Crippen LogP contribution >= 0.6 is 0 Å². The highest BCUT2D eigenvalue weighted by molar-refractivity contribution is 5.67. The summed E-state index contributed by atoms with van der Waals surface area (Å²) in [6.45, 7) is 4.28. The van der Waals surface area contributed by atoms with Crippen LogP contribution in [0.25, 0.3) is 22.5 Å². The fraction of sp³-hybridized carbons (Fsp3) is 0.304. The molecule has 26 heavy (non-hydrogen) atoms. The first-order valence-electron chi connectivity index (χ1n) is 9.42. The summed E-state index contributed by atoms with van der Waals surface area (Å²) in [5.41, 5.74) is 5.10. The van der Waals surface area contributed by atoms with Gasteiger partial charge in [0, 0.05) is 17.3 Å². The smallest absolute Gasteiger partial charge is 0.219 e. The van der Waals surface area contributed by atoms with Crippen molar-refractivity contribution in [2.24, 2.45) is 0 Å². The summed E-state index contributed by atoms with van der Waals surface area (Å²) in [4.78, 5) is 8.40. The van der Waals surface area contributed by atoms with Crippen molar-refractivity contribution in [2.75, 3.05) is 0 Å². The van der Waals surface area contributed by atoms with Gasteiger partial charge in [-0.1, -0.05) is 75.2 Å². The number of nitrogens with zero attached hydrogens (tertiary/aromatic N) is 2. The molecule has 0 fully saturated rings. The molecule has 0 bridgehead atoms. The third-order valence-corrected chi connectivity index (χ3v) is 4.58. The number of unbranched alkanes of at least 4 members (excludes halogenated alkanes) is 1. The van der Waals surface area contributed by atoms with Crippen LogP contribution in [0.3, 0.4) is 0 Å². The van der Waals surface area contributed by atoms with Crippen LogP contribution in [0.15, 0.2) is 54.7 Å². The minimum atomic E-state index is -0.404. The monoisotopic (exact) mass is 348 g/mol. The van der Waals surface area contributed by atoms with E-state index in [9.17, 15) is 4.39 Å². The molecule has 0 saturated heterocycles. The molecule has 0 N–H and O–H groups in total. The maximum Gasteiger partial charge on any atom is 0.219 e. The number of aromatic nitrogens is 2. The molecule has 2 nitrogen and oxygen atoms in total. The highest BCUT2D eigenvalue weighted by atomic mass is 19.1. The van der Waals surface area contributed by atoms with Gasteiger partial charge in [-0.3, -0.25) is 0 Å². The van der Waals surface area contributed by atoms with E-state index in [1.54, 1.807) is 6.20 Å². The van der Waals surface area contributed by atoms with E-state index < -0.39 is 5.95 Å². The summed E-state index contributed by atoms with van der Waals surface area (Å²) in [6.07, 6.45) is 6.55. The summed E-state index contributed by atoms with van der Waals surface area (Å²) >= 11 is 0. The number of benzene rings is 2. The van der Waals surface area contributed by atoms with Crippen molar-refractivity contribution in [3.05, 3.63) is 71.8 Å². The van der Waals surface area contributed by atoms with E-state index in [-0.39, 0.29) is 0 Å². The maximum absolute atomic E-state index is 14.2. The molecule has 0 saturated carbocycles. The minimum absolute atomic E-state index is 0.404. The van der Waals surface area contributed by atoms with Crippen LogP contribution in [0.1, 0.15) is 44.2 Å². The lowest BCUT2D eigenvalue weighted by molar-refractivity contribution is 0.558. The van der Waals surface area contributed by atoms with Gasteiger partial charge in [-0.05, 0) is 36.0 Å². The summed E-state index contributed by atoms with van der Waals surface area (Å²) in [6, 6.07) is 16.6. The van der Waals surface area contributed by atoms with Gasteiger partial charge in [0.2, 0.25) is 5.95 Å². The lowest BCUT2D eigenvalue weighted by Crippen LogP contribution is -1.99. The molecule has 0 atom stereocenters. The van der Waals surface area contributed by atoms with Crippen molar-refractivity contribution in [2.45, 2.75) is 46.0 Å². The Labute approximate surface area is 155 Å². The maximum atomic E-state index is 14.2. The van der Waals surface area contributed by atoms with Crippen molar-refractivity contribution in [1.29, 1.82) is 0 Å². The molecule has 1 aromatic heterocycles. The van der Waals surface area contributed by atoms with Gasteiger partial charge in [0.1, 0.15) is 0 Å². The van der Waals surface area contributed by atoms with Crippen LogP contribution < -0.4 is 0 Å². The van der Waals surface area contributed by atoms with Gasteiger partial charge in [-0.25, -0.2) is 4.98 Å². The Balaban J connectivity index is 1.77. The molecule has 0 radical (unpaired) electrons. The standard InChI is InChI=1S/C23H25FN2/c1-3-5-7-21-16-25-23(26-22(21)24)20-14-12-19(13-15-20)18-10-8-17(6-4-2)9-11-18/h8-16H,3-7H2,1-2H3. The molecule has 3 heteroatoms. The van der Waals surface area contributed by atoms with E-state index in [0.29, 0.717) is 17.8 Å². The Morgan fingerprint density at radius 2 is 1.38 bits per heavy atom. The molecule has 0 aliphatic rings. The number of hydrogen-bond acceptors (Lipinski definition) is 2. The van der Waals surface area contributed by atoms with Gasteiger partial charge in [0.15, 0.2) is 5.82 Å². The summed E-state index contributed by atoms with van der Waals surface area (Å²) in [7, 11) is 0. The second kappa shape index (κ2) is 8.70. The lowest BCUT2D eigenvalue weighted by atomic mass is 10.0. The fourth-order valence-corrected chi connectivity index (χ4v) is 3.02. The van der Waals surface area contributed by atoms with Gasteiger partial charge in [-0.2, -0.15) is 9.37 Å². The second-order valence-electron chi connectivity index (χ2n) is 6.64. The first-order valence-corrected chi connectivity index (χ1v) is 9.42. The molecule has 3 rings (SSSR count). The Morgan fingerprint density at radius 3 is 1.96 bits per heavy atom. The zero-order valence-electron chi connectivity index (χ0n) is 15.5. The van der Waals surface area contributed by atoms with Crippen LogP contribution in [0.4, 0.5) is 4.39 Å². The SMILES string of the molecule is CCCCc1cnc(-c2ccc(-c3ccc(CCC)cc3)cc2)nc1F. The molecule has 2 aromatic carbocycles. The average Bonchev–Trinajstić information content (AvgIpc) is 2.68. The first kappa shape index (κ1) is 18.2. The van der Waals surface area contributed by atoms with Gasteiger partial charge >= 0.3 is 0 Å². The average molecular weight is 348 g/mol. The van der Waals surface area contributed by atoms with E-state index in [2.05, 4.69) is 48.1 Å². The minimum Gasteiger partial charge on any atom is -0.236 e. The van der Waals surface area contributed by atoms with Crippen LogP contribution in [0.5, 0.6) is 0 Å². The van der Waals surface area contributed by atoms with E-state index >= 15 is 0 Å². The molecule has 1 heterocycles. The largest absolute Gasteiger partial charge is 0.236 e. The fourth-order valence-electron chi connectivity index (χ4n) is 3.02. The number of aryl methyl sites for hydroxylation is 2. The van der Waals surface area contributed by atoms with E-state index in [0.717, 1.165) is 36.8 Å².